The molecule has 1 aromatic carbocycles. The van der Waals surface area contributed by atoms with Gasteiger partial charge in [0.1, 0.15) is 5.75 Å². The highest BCUT2D eigenvalue weighted by molar-refractivity contribution is 6.09. The Morgan fingerprint density at radius 2 is 2.24 bits per heavy atom. The van der Waals surface area contributed by atoms with Crippen molar-refractivity contribution in [2.45, 2.75) is 12.5 Å². The number of ketones is 1. The lowest BCUT2D eigenvalue weighted by molar-refractivity contribution is -0.141. The van der Waals surface area contributed by atoms with E-state index >= 15 is 0 Å². The molecule has 1 N–H and O–H groups in total. The number of anilines is 1. The molecule has 1 saturated heterocycles. The average molecular weight is 286 g/mol. The van der Waals surface area contributed by atoms with E-state index in [1.165, 1.54) is 0 Å². The van der Waals surface area contributed by atoms with Gasteiger partial charge in [0.25, 0.3) is 0 Å². The monoisotopic (exact) mass is 286 g/mol. The number of hydrogen-bond acceptors (Lipinski definition) is 5. The van der Waals surface area contributed by atoms with Crippen molar-refractivity contribution < 1.29 is 19.4 Å². The number of nitrogens with zero attached hydrogens (tertiary/aromatic N) is 2. The molecule has 2 heterocycles. The predicted octanol–water partition coefficient (Wildman–Crippen LogP) is 1.48. The van der Waals surface area contributed by atoms with Crippen LogP contribution in [0.25, 0.3) is 10.9 Å². The van der Waals surface area contributed by atoms with Crippen LogP contribution < -0.4 is 9.64 Å². The van der Waals surface area contributed by atoms with Crippen LogP contribution in [-0.4, -0.2) is 41.5 Å². The Kier molecular flexibility index (Phi) is 3.21. The van der Waals surface area contributed by atoms with Gasteiger partial charge in [-0.05, 0) is 18.2 Å². The van der Waals surface area contributed by atoms with Crippen LogP contribution >= 0.6 is 0 Å². The molecule has 6 nitrogen and oxygen atoms in total. The molecule has 21 heavy (non-hydrogen) atoms. The molecule has 1 aromatic heterocycles. The SMILES string of the molecule is COc1ccc2c(N3CCC(=O)[C@H]3C(=O)O)ccnc2c1. The topological polar surface area (TPSA) is 79.7 Å². The molecule has 0 bridgehead atoms. The third-order valence-corrected chi connectivity index (χ3v) is 3.69. The molecule has 0 radical (unpaired) electrons. The first-order chi connectivity index (χ1) is 10.1. The zero-order chi connectivity index (χ0) is 15.0. The summed E-state index contributed by atoms with van der Waals surface area (Å²) in [6.07, 6.45) is 1.86. The lowest BCUT2D eigenvalue weighted by atomic mass is 10.1. The van der Waals surface area contributed by atoms with Gasteiger partial charge in [-0.2, -0.15) is 0 Å². The number of aliphatic carboxylic acids is 1. The standard InChI is InChI=1S/C15H14N2O4/c1-21-9-2-3-10-11(8-9)16-6-4-12(10)17-7-5-13(18)14(17)15(19)20/h2-4,6,8,14H,5,7H2,1H3,(H,19,20)/t14-/m0/s1. The first-order valence-corrected chi connectivity index (χ1v) is 6.57. The summed E-state index contributed by atoms with van der Waals surface area (Å²) in [5, 5.41) is 10.1. The van der Waals surface area contributed by atoms with E-state index in [4.69, 9.17) is 4.74 Å². The number of aromatic nitrogens is 1. The van der Waals surface area contributed by atoms with E-state index in [2.05, 4.69) is 4.98 Å². The molecular formula is C15H14N2O4. The molecule has 0 amide bonds. The smallest absolute Gasteiger partial charge is 0.334 e. The number of carboxylic acids is 1. The van der Waals surface area contributed by atoms with Crippen molar-refractivity contribution in [1.29, 1.82) is 0 Å². The lowest BCUT2D eigenvalue weighted by Gasteiger charge is -2.23. The van der Waals surface area contributed by atoms with Gasteiger partial charge in [0.05, 0.1) is 12.6 Å². The van der Waals surface area contributed by atoms with Gasteiger partial charge in [0.2, 0.25) is 0 Å². The zero-order valence-corrected chi connectivity index (χ0v) is 11.4. The first kappa shape index (κ1) is 13.4. The van der Waals surface area contributed by atoms with Gasteiger partial charge in [-0.1, -0.05) is 0 Å². The predicted molar refractivity (Wildman–Crippen MR) is 76.7 cm³/mol. The molecular weight excluding hydrogens is 272 g/mol. The number of carbonyl (C=O) groups is 2. The normalized spacial score (nSPS) is 18.2. The average Bonchev–Trinajstić information content (AvgIpc) is 2.87. The van der Waals surface area contributed by atoms with Crippen LogP contribution in [0.1, 0.15) is 6.42 Å². The molecule has 1 aliphatic heterocycles. The molecule has 1 fully saturated rings. The van der Waals surface area contributed by atoms with E-state index in [0.29, 0.717) is 23.5 Å². The first-order valence-electron chi connectivity index (χ1n) is 6.57. The van der Waals surface area contributed by atoms with Gasteiger partial charge in [0, 0.05) is 36.3 Å². The largest absolute Gasteiger partial charge is 0.497 e. The Morgan fingerprint density at radius 1 is 1.43 bits per heavy atom. The summed E-state index contributed by atoms with van der Waals surface area (Å²) in [6, 6.07) is 6.03. The number of ether oxygens (including phenoxy) is 1. The number of hydrogen-bond donors (Lipinski definition) is 1. The number of rotatable bonds is 3. The van der Waals surface area contributed by atoms with Crippen LogP contribution in [0, 0.1) is 0 Å². The maximum atomic E-state index is 11.8. The number of benzene rings is 1. The number of methoxy groups -OCH3 is 1. The van der Waals surface area contributed by atoms with Gasteiger partial charge in [0.15, 0.2) is 11.8 Å². The van der Waals surface area contributed by atoms with Crippen molar-refractivity contribution in [3.63, 3.8) is 0 Å². The van der Waals surface area contributed by atoms with Gasteiger partial charge < -0.3 is 14.7 Å². The highest BCUT2D eigenvalue weighted by Gasteiger charge is 2.38. The summed E-state index contributed by atoms with van der Waals surface area (Å²) in [7, 11) is 1.57. The van der Waals surface area contributed by atoms with Crippen LogP contribution in [0.15, 0.2) is 30.5 Å². The molecule has 0 saturated carbocycles. The van der Waals surface area contributed by atoms with Crippen LogP contribution in [0.5, 0.6) is 5.75 Å². The zero-order valence-electron chi connectivity index (χ0n) is 11.4. The molecule has 1 atom stereocenters. The van der Waals surface area contributed by atoms with Gasteiger partial charge in [-0.3, -0.25) is 9.78 Å². The van der Waals surface area contributed by atoms with Crippen LogP contribution in [0.3, 0.4) is 0 Å². The Morgan fingerprint density at radius 3 is 2.95 bits per heavy atom. The van der Waals surface area contributed by atoms with E-state index in [-0.39, 0.29) is 12.2 Å². The fourth-order valence-corrected chi connectivity index (χ4v) is 2.69. The fraction of sp³-hybridized carbons (Fsp3) is 0.267. The van der Waals surface area contributed by atoms with Crippen molar-refractivity contribution in [2.24, 2.45) is 0 Å². The minimum absolute atomic E-state index is 0.247. The molecule has 2 aromatic rings. The van der Waals surface area contributed by atoms with Gasteiger partial charge in [-0.15, -0.1) is 0 Å². The number of carbonyl (C=O) groups excluding carboxylic acids is 1. The Bertz CT molecular complexity index is 729. The number of carboxylic acid groups (broad SMARTS) is 1. The highest BCUT2D eigenvalue weighted by atomic mass is 16.5. The number of Topliss-reactive ketones (excluding diaryl/α,β-unsaturated/α-hetero) is 1. The molecule has 1 aliphatic rings. The maximum Gasteiger partial charge on any atom is 0.334 e. The second-order valence-electron chi connectivity index (χ2n) is 4.86. The Balaban J connectivity index is 2.12. The minimum Gasteiger partial charge on any atom is -0.497 e. The summed E-state index contributed by atoms with van der Waals surface area (Å²) >= 11 is 0. The Hall–Kier alpha value is -2.63. The van der Waals surface area contributed by atoms with Crippen LogP contribution in [0.4, 0.5) is 5.69 Å². The molecule has 108 valence electrons. The minimum atomic E-state index is -1.11. The van der Waals surface area contributed by atoms with Crippen molar-refractivity contribution in [3.05, 3.63) is 30.5 Å². The summed E-state index contributed by atoms with van der Waals surface area (Å²) in [5.74, 6) is -0.698. The van der Waals surface area contributed by atoms with Crippen molar-refractivity contribution in [1.82, 2.24) is 4.98 Å². The summed E-state index contributed by atoms with van der Waals surface area (Å²) < 4.78 is 5.16. The third-order valence-electron chi connectivity index (χ3n) is 3.69. The van der Waals surface area contributed by atoms with Crippen molar-refractivity contribution in [3.8, 4) is 5.75 Å². The molecule has 6 heteroatoms. The quantitative estimate of drug-likeness (QED) is 0.861. The van der Waals surface area contributed by atoms with Gasteiger partial charge in [-0.25, -0.2) is 4.79 Å². The van der Waals surface area contributed by atoms with Gasteiger partial charge >= 0.3 is 5.97 Å². The third kappa shape index (κ3) is 2.18. The maximum absolute atomic E-state index is 11.8. The lowest BCUT2D eigenvalue weighted by Crippen LogP contribution is -2.40. The molecule has 0 unspecified atom stereocenters. The van der Waals surface area contributed by atoms with E-state index in [1.54, 1.807) is 36.4 Å². The van der Waals surface area contributed by atoms with E-state index in [0.717, 1.165) is 5.39 Å². The van der Waals surface area contributed by atoms with E-state index in [1.807, 2.05) is 6.07 Å². The summed E-state index contributed by atoms with van der Waals surface area (Å²) in [5.41, 5.74) is 1.41. The highest BCUT2D eigenvalue weighted by Crippen LogP contribution is 2.31. The molecule has 0 spiro atoms. The second-order valence-corrected chi connectivity index (χ2v) is 4.86. The van der Waals surface area contributed by atoms with Crippen LogP contribution in [0.2, 0.25) is 0 Å². The second kappa shape index (κ2) is 5.05. The van der Waals surface area contributed by atoms with E-state index < -0.39 is 12.0 Å². The van der Waals surface area contributed by atoms with Crippen molar-refractivity contribution >= 4 is 28.3 Å². The fourth-order valence-electron chi connectivity index (χ4n) is 2.69. The van der Waals surface area contributed by atoms with Crippen LogP contribution in [-0.2, 0) is 9.59 Å². The molecule has 3 rings (SSSR count). The molecule has 0 aliphatic carbocycles. The van der Waals surface area contributed by atoms with E-state index in [9.17, 15) is 14.7 Å². The Labute approximate surface area is 121 Å². The summed E-state index contributed by atoms with van der Waals surface area (Å²) in [4.78, 5) is 29.0. The number of fused-ring (bicyclic) bond motifs is 1. The summed E-state index contributed by atoms with van der Waals surface area (Å²) in [6.45, 7) is 0.404. The number of pyridine rings is 1. The van der Waals surface area contributed by atoms with Crippen molar-refractivity contribution in [2.75, 3.05) is 18.6 Å².